The number of carbonyl (C=O) groups is 3. The van der Waals surface area contributed by atoms with E-state index in [0.29, 0.717) is 10.2 Å². The molecule has 19 heavy (non-hydrogen) atoms. The average Bonchev–Trinajstić information content (AvgIpc) is 2.35. The molecule has 8 heteroatoms. The Morgan fingerprint density at radius 2 is 1.89 bits per heavy atom. The fourth-order valence-corrected chi connectivity index (χ4v) is 1.73. The second-order valence-corrected chi connectivity index (χ2v) is 4.48. The summed E-state index contributed by atoms with van der Waals surface area (Å²) in [5.41, 5.74) is 5.42. The number of nitrogens with one attached hydrogen (secondary N) is 2. The molecule has 0 aliphatic heterocycles. The van der Waals surface area contributed by atoms with E-state index in [-0.39, 0.29) is 18.7 Å². The summed E-state index contributed by atoms with van der Waals surface area (Å²) in [4.78, 5) is 33.2. The summed E-state index contributed by atoms with van der Waals surface area (Å²) < 4.78 is 0.522. The minimum Gasteiger partial charge on any atom is -0.478 e. The van der Waals surface area contributed by atoms with E-state index in [1.165, 1.54) is 12.1 Å². The van der Waals surface area contributed by atoms with Gasteiger partial charge in [0.05, 0.1) is 18.7 Å². The third kappa shape index (κ3) is 5.06. The fourth-order valence-electron chi connectivity index (χ4n) is 1.24. The van der Waals surface area contributed by atoms with Gasteiger partial charge in [0.2, 0.25) is 11.8 Å². The van der Waals surface area contributed by atoms with E-state index in [0.717, 1.165) is 0 Å². The first kappa shape index (κ1) is 15.1. The van der Waals surface area contributed by atoms with Crippen LogP contribution in [-0.2, 0) is 9.59 Å². The van der Waals surface area contributed by atoms with Gasteiger partial charge >= 0.3 is 5.97 Å². The Kier molecular flexibility index (Phi) is 5.46. The van der Waals surface area contributed by atoms with Gasteiger partial charge in [-0.3, -0.25) is 9.59 Å². The van der Waals surface area contributed by atoms with Crippen molar-refractivity contribution in [2.75, 3.05) is 18.4 Å². The molecule has 0 aliphatic rings. The molecule has 1 aromatic carbocycles. The van der Waals surface area contributed by atoms with Gasteiger partial charge < -0.3 is 21.5 Å². The van der Waals surface area contributed by atoms with Crippen LogP contribution in [0.25, 0.3) is 0 Å². The van der Waals surface area contributed by atoms with E-state index < -0.39 is 17.8 Å². The van der Waals surface area contributed by atoms with Crippen molar-refractivity contribution >= 4 is 39.4 Å². The lowest BCUT2D eigenvalue weighted by atomic mass is 10.2. The first-order chi connectivity index (χ1) is 8.92. The molecule has 1 aromatic rings. The van der Waals surface area contributed by atoms with Crippen LogP contribution in [0.2, 0.25) is 0 Å². The second-order valence-electron chi connectivity index (χ2n) is 3.56. The lowest BCUT2D eigenvalue weighted by Crippen LogP contribution is -2.36. The third-order valence-electron chi connectivity index (χ3n) is 2.06. The molecule has 7 nitrogen and oxygen atoms in total. The van der Waals surface area contributed by atoms with E-state index in [4.69, 9.17) is 10.8 Å². The number of nitrogens with two attached hydrogens (primary N) is 1. The number of rotatable bonds is 5. The molecule has 5 N–H and O–H groups in total. The lowest BCUT2D eigenvalue weighted by molar-refractivity contribution is -0.123. The van der Waals surface area contributed by atoms with E-state index >= 15 is 0 Å². The molecule has 0 saturated heterocycles. The zero-order valence-electron chi connectivity index (χ0n) is 9.77. The lowest BCUT2D eigenvalue weighted by Gasteiger charge is -2.07. The normalized spacial score (nSPS) is 9.79. The summed E-state index contributed by atoms with van der Waals surface area (Å²) in [6.07, 6.45) is 0. The molecule has 0 saturated carbocycles. The Morgan fingerprint density at radius 3 is 2.47 bits per heavy atom. The highest BCUT2D eigenvalue weighted by molar-refractivity contribution is 9.10. The van der Waals surface area contributed by atoms with Crippen LogP contribution in [0, 0.1) is 0 Å². The highest BCUT2D eigenvalue weighted by atomic mass is 79.9. The molecule has 0 fully saturated rings. The Balaban J connectivity index is 2.69. The maximum atomic E-state index is 11.5. The predicted octanol–water partition coefficient (Wildman–Crippen LogP) is 0.161. The zero-order chi connectivity index (χ0) is 14.4. The molecule has 0 unspecified atom stereocenters. The van der Waals surface area contributed by atoms with Gasteiger partial charge in [-0.15, -0.1) is 0 Å². The van der Waals surface area contributed by atoms with Crippen molar-refractivity contribution in [3.05, 3.63) is 28.2 Å². The Labute approximate surface area is 117 Å². The third-order valence-corrected chi connectivity index (χ3v) is 2.52. The minimum absolute atomic E-state index is 0.0377. The van der Waals surface area contributed by atoms with E-state index in [1.54, 1.807) is 6.07 Å². The van der Waals surface area contributed by atoms with Gasteiger partial charge in [0, 0.05) is 10.2 Å². The topological polar surface area (TPSA) is 122 Å². The Morgan fingerprint density at radius 1 is 1.21 bits per heavy atom. The number of halogens is 1. The van der Waals surface area contributed by atoms with Crippen LogP contribution < -0.4 is 16.4 Å². The fraction of sp³-hybridized carbons (Fsp3) is 0.182. The van der Waals surface area contributed by atoms with Crippen LogP contribution in [-0.4, -0.2) is 36.0 Å². The molecule has 2 amide bonds. The van der Waals surface area contributed by atoms with Gasteiger partial charge in [-0.1, -0.05) is 15.9 Å². The summed E-state index contributed by atoms with van der Waals surface area (Å²) in [5, 5.41) is 13.6. The first-order valence-corrected chi connectivity index (χ1v) is 6.02. The number of carboxylic acid groups (broad SMARTS) is 1. The molecular weight excluding hydrogens is 318 g/mol. The van der Waals surface area contributed by atoms with Crippen LogP contribution in [0.15, 0.2) is 22.7 Å². The van der Waals surface area contributed by atoms with Crippen LogP contribution >= 0.6 is 15.9 Å². The van der Waals surface area contributed by atoms with Gasteiger partial charge in [0.1, 0.15) is 0 Å². The summed E-state index contributed by atoms with van der Waals surface area (Å²) >= 11 is 3.14. The summed E-state index contributed by atoms with van der Waals surface area (Å²) in [6, 6.07) is 4.28. The van der Waals surface area contributed by atoms with E-state index in [9.17, 15) is 14.4 Å². The molecule has 0 radical (unpaired) electrons. The van der Waals surface area contributed by atoms with E-state index in [1.807, 2.05) is 0 Å². The molecule has 102 valence electrons. The Hall–Kier alpha value is -1.93. The number of benzene rings is 1. The SMILES string of the molecule is NCC(=O)NCC(=O)Nc1cc(Br)cc(C(=O)O)c1. The molecule has 0 spiro atoms. The number of hydrogen-bond donors (Lipinski definition) is 4. The van der Waals surface area contributed by atoms with Crippen molar-refractivity contribution < 1.29 is 19.5 Å². The molecule has 0 atom stereocenters. The number of amides is 2. The standard InChI is InChI=1S/C11H12BrN3O4/c12-7-1-6(11(18)19)2-8(3-7)15-10(17)5-14-9(16)4-13/h1-3H,4-5,13H2,(H,14,16)(H,15,17)(H,18,19). The van der Waals surface area contributed by atoms with Crippen molar-refractivity contribution in [2.45, 2.75) is 0 Å². The van der Waals surface area contributed by atoms with Crippen molar-refractivity contribution in [3.63, 3.8) is 0 Å². The van der Waals surface area contributed by atoms with Crippen LogP contribution in [0.1, 0.15) is 10.4 Å². The largest absolute Gasteiger partial charge is 0.478 e. The zero-order valence-corrected chi connectivity index (χ0v) is 11.4. The van der Waals surface area contributed by atoms with Gasteiger partial charge in [0.15, 0.2) is 0 Å². The minimum atomic E-state index is -1.10. The number of anilines is 1. The summed E-state index contributed by atoms with van der Waals surface area (Å²) in [5.74, 6) is -2.03. The molecular formula is C11H12BrN3O4. The van der Waals surface area contributed by atoms with Crippen LogP contribution in [0.5, 0.6) is 0 Å². The number of carbonyl (C=O) groups excluding carboxylic acids is 2. The van der Waals surface area contributed by atoms with Gasteiger partial charge in [-0.2, -0.15) is 0 Å². The highest BCUT2D eigenvalue weighted by Crippen LogP contribution is 2.19. The predicted molar refractivity (Wildman–Crippen MR) is 71.8 cm³/mol. The number of hydrogen-bond acceptors (Lipinski definition) is 4. The number of carboxylic acids is 1. The van der Waals surface area contributed by atoms with Crippen molar-refractivity contribution in [1.82, 2.24) is 5.32 Å². The van der Waals surface area contributed by atoms with E-state index in [2.05, 4.69) is 26.6 Å². The van der Waals surface area contributed by atoms with Gasteiger partial charge in [0.25, 0.3) is 0 Å². The molecule has 0 aromatic heterocycles. The van der Waals surface area contributed by atoms with Crippen molar-refractivity contribution in [3.8, 4) is 0 Å². The van der Waals surface area contributed by atoms with Gasteiger partial charge in [-0.05, 0) is 18.2 Å². The maximum absolute atomic E-state index is 11.5. The molecule has 1 rings (SSSR count). The van der Waals surface area contributed by atoms with Crippen LogP contribution in [0.3, 0.4) is 0 Å². The molecule has 0 bridgehead atoms. The van der Waals surface area contributed by atoms with Crippen molar-refractivity contribution in [1.29, 1.82) is 0 Å². The maximum Gasteiger partial charge on any atom is 0.335 e. The molecule has 0 aliphatic carbocycles. The average molecular weight is 330 g/mol. The summed E-state index contributed by atoms with van der Waals surface area (Å²) in [7, 11) is 0. The van der Waals surface area contributed by atoms with Gasteiger partial charge in [-0.25, -0.2) is 4.79 Å². The highest BCUT2D eigenvalue weighted by Gasteiger charge is 2.09. The monoisotopic (exact) mass is 329 g/mol. The Bertz CT molecular complexity index is 519. The summed E-state index contributed by atoms with van der Waals surface area (Å²) in [6.45, 7) is -0.432. The van der Waals surface area contributed by atoms with Crippen LogP contribution in [0.4, 0.5) is 5.69 Å². The quantitative estimate of drug-likeness (QED) is 0.613. The smallest absolute Gasteiger partial charge is 0.335 e. The number of aromatic carboxylic acids is 1. The second kappa shape index (κ2) is 6.86. The van der Waals surface area contributed by atoms with Crippen molar-refractivity contribution in [2.24, 2.45) is 5.73 Å². The molecule has 0 heterocycles. The first-order valence-electron chi connectivity index (χ1n) is 5.23.